The maximum Gasteiger partial charge on any atom is 0.240 e. The minimum Gasteiger partial charge on any atom is -0.481 e. The Kier molecular flexibility index (Phi) is 5.13. The molecule has 1 unspecified atom stereocenters. The van der Waals surface area contributed by atoms with Gasteiger partial charge in [-0.25, -0.2) is 4.79 Å². The molecular weight excluding hydrogens is 229 g/mol. The zero-order valence-corrected chi connectivity index (χ0v) is 9.92. The molecule has 0 saturated carbocycles. The summed E-state index contributed by atoms with van der Waals surface area (Å²) in [5.41, 5.74) is 0.571. The fourth-order valence-corrected chi connectivity index (χ4v) is 1.88. The van der Waals surface area contributed by atoms with E-state index < -0.39 is 0 Å². The van der Waals surface area contributed by atoms with Crippen molar-refractivity contribution in [1.29, 1.82) is 0 Å². The van der Waals surface area contributed by atoms with Crippen LogP contribution in [0.4, 0.5) is 5.69 Å². The third-order valence-corrected chi connectivity index (χ3v) is 3.16. The summed E-state index contributed by atoms with van der Waals surface area (Å²) in [4.78, 5) is 13.5. The van der Waals surface area contributed by atoms with E-state index in [-0.39, 0.29) is 5.85 Å². The number of isocyanates is 1. The van der Waals surface area contributed by atoms with Crippen molar-refractivity contribution in [2.75, 3.05) is 0 Å². The van der Waals surface area contributed by atoms with Crippen LogP contribution < -0.4 is 4.74 Å². The van der Waals surface area contributed by atoms with Crippen molar-refractivity contribution >= 4 is 30.9 Å². The van der Waals surface area contributed by atoms with Gasteiger partial charge >= 0.3 is 0 Å². The van der Waals surface area contributed by atoms with Crippen LogP contribution in [0.1, 0.15) is 13.3 Å². The van der Waals surface area contributed by atoms with Gasteiger partial charge < -0.3 is 4.74 Å². The molecular formula is C10H10NO2PS. The third-order valence-electron chi connectivity index (χ3n) is 1.75. The molecule has 0 spiro atoms. The summed E-state index contributed by atoms with van der Waals surface area (Å²) in [5, 5.41) is 0. The number of rotatable bonds is 5. The average molecular weight is 239 g/mol. The van der Waals surface area contributed by atoms with Gasteiger partial charge in [-0.15, -0.1) is 0 Å². The summed E-state index contributed by atoms with van der Waals surface area (Å²) in [6, 6.07) is 6.93. The number of benzene rings is 1. The molecule has 1 aromatic carbocycles. The van der Waals surface area contributed by atoms with E-state index in [1.165, 1.54) is 6.08 Å². The van der Waals surface area contributed by atoms with Gasteiger partial charge in [-0.05, 0) is 30.7 Å². The minimum atomic E-state index is 0.0421. The smallest absolute Gasteiger partial charge is 0.240 e. The van der Waals surface area contributed by atoms with E-state index >= 15 is 0 Å². The van der Waals surface area contributed by atoms with Crippen LogP contribution in [0.3, 0.4) is 0 Å². The number of hydrogen-bond donors (Lipinski definition) is 0. The molecule has 3 nitrogen and oxygen atoms in total. The van der Waals surface area contributed by atoms with E-state index in [4.69, 9.17) is 16.5 Å². The number of hydrogen-bond acceptors (Lipinski definition) is 4. The number of ether oxygens (including phenoxy) is 1. The predicted octanol–water partition coefficient (Wildman–Crippen LogP) is 3.18. The van der Waals surface area contributed by atoms with Crippen LogP contribution in [-0.2, 0) is 16.6 Å². The van der Waals surface area contributed by atoms with Gasteiger partial charge in [-0.3, -0.25) is 0 Å². The van der Waals surface area contributed by atoms with Crippen molar-refractivity contribution in [1.82, 2.24) is 0 Å². The van der Waals surface area contributed by atoms with Crippen LogP contribution in [0, 0.1) is 0 Å². The Morgan fingerprint density at radius 3 is 2.67 bits per heavy atom. The van der Waals surface area contributed by atoms with Crippen molar-refractivity contribution in [3.05, 3.63) is 24.3 Å². The topological polar surface area (TPSA) is 38.7 Å². The van der Waals surface area contributed by atoms with Gasteiger partial charge in [0.15, 0.2) is 0 Å². The summed E-state index contributed by atoms with van der Waals surface area (Å²) in [7, 11) is 0.801. The van der Waals surface area contributed by atoms with Gasteiger partial charge in [0.25, 0.3) is 0 Å². The zero-order valence-electron chi connectivity index (χ0n) is 8.21. The Hall–Kier alpha value is -1.08. The molecule has 0 fully saturated rings. The van der Waals surface area contributed by atoms with Crippen LogP contribution >= 0.6 is 7.36 Å². The molecule has 0 radical (unpaired) electrons. The van der Waals surface area contributed by atoms with E-state index in [9.17, 15) is 4.79 Å². The van der Waals surface area contributed by atoms with Crippen molar-refractivity contribution < 1.29 is 9.53 Å². The normalized spacial score (nSPS) is 11.8. The lowest BCUT2D eigenvalue weighted by molar-refractivity contribution is 0.283. The molecule has 1 aromatic rings. The molecule has 0 amide bonds. The molecule has 0 bridgehead atoms. The van der Waals surface area contributed by atoms with Crippen LogP contribution in [0.15, 0.2) is 29.3 Å². The first kappa shape index (κ1) is 12.0. The lowest BCUT2D eigenvalue weighted by Gasteiger charge is -2.11. The van der Waals surface area contributed by atoms with Crippen molar-refractivity contribution in [2.45, 2.75) is 19.2 Å². The zero-order chi connectivity index (χ0) is 11.1. The Balaban J connectivity index is 2.71. The van der Waals surface area contributed by atoms with Crippen LogP contribution in [0.25, 0.3) is 0 Å². The quantitative estimate of drug-likeness (QED) is 0.450. The Bertz CT molecular complexity index is 374. The first-order chi connectivity index (χ1) is 7.30. The van der Waals surface area contributed by atoms with E-state index in [1.54, 1.807) is 24.3 Å². The minimum absolute atomic E-state index is 0.0421. The highest BCUT2D eigenvalue weighted by Gasteiger charge is 2.03. The summed E-state index contributed by atoms with van der Waals surface area (Å²) < 4.78 is 5.59. The molecule has 0 N–H and O–H groups in total. The highest BCUT2D eigenvalue weighted by atomic mass is 32.4. The summed E-state index contributed by atoms with van der Waals surface area (Å²) in [5.74, 6) is 0.782. The highest BCUT2D eigenvalue weighted by molar-refractivity contribution is 7.96. The summed E-state index contributed by atoms with van der Waals surface area (Å²) >= 11 is 4.92. The van der Waals surface area contributed by atoms with Gasteiger partial charge in [0.2, 0.25) is 6.08 Å². The van der Waals surface area contributed by atoms with Crippen molar-refractivity contribution in [2.24, 2.45) is 4.99 Å². The van der Waals surface area contributed by atoms with Gasteiger partial charge in [0, 0.05) is 7.36 Å². The third kappa shape index (κ3) is 3.88. The Morgan fingerprint density at radius 1 is 1.53 bits per heavy atom. The van der Waals surface area contributed by atoms with Gasteiger partial charge in [-0.2, -0.15) is 4.99 Å². The second-order valence-electron chi connectivity index (χ2n) is 2.78. The van der Waals surface area contributed by atoms with Gasteiger partial charge in [0.05, 0.1) is 5.69 Å². The fraction of sp³-hybridized carbons (Fsp3) is 0.300. The number of aliphatic imine (C=N–C) groups is 1. The van der Waals surface area contributed by atoms with Gasteiger partial charge in [0.1, 0.15) is 11.6 Å². The molecule has 0 aliphatic rings. The SMILES string of the molecule is CCC(Oc1ccc(N=C=O)cc1)P=S. The molecule has 0 saturated heterocycles. The molecule has 0 aromatic heterocycles. The van der Waals surface area contributed by atoms with Crippen molar-refractivity contribution in [3.63, 3.8) is 0 Å². The lowest BCUT2D eigenvalue weighted by Crippen LogP contribution is -2.06. The van der Waals surface area contributed by atoms with E-state index in [2.05, 4.69) is 4.99 Å². The predicted molar refractivity (Wildman–Crippen MR) is 63.2 cm³/mol. The molecule has 15 heavy (non-hydrogen) atoms. The maximum absolute atomic E-state index is 9.99. The summed E-state index contributed by atoms with van der Waals surface area (Å²) in [6.07, 6.45) is 2.36. The lowest BCUT2D eigenvalue weighted by atomic mass is 10.3. The van der Waals surface area contributed by atoms with Gasteiger partial charge in [-0.1, -0.05) is 18.7 Å². The number of nitrogens with zero attached hydrogens (tertiary/aromatic N) is 1. The van der Waals surface area contributed by atoms with Crippen LogP contribution in [0.5, 0.6) is 5.75 Å². The monoisotopic (exact) mass is 239 g/mol. The first-order valence-corrected chi connectivity index (χ1v) is 6.45. The molecule has 1 rings (SSSR count). The summed E-state index contributed by atoms with van der Waals surface area (Å²) in [6.45, 7) is 2.02. The number of carbonyl (C=O) groups excluding carboxylic acids is 1. The molecule has 0 aliphatic carbocycles. The average Bonchev–Trinajstić information content (AvgIpc) is 2.28. The Morgan fingerprint density at radius 2 is 2.20 bits per heavy atom. The largest absolute Gasteiger partial charge is 0.481 e. The van der Waals surface area contributed by atoms with Crippen LogP contribution in [0.2, 0.25) is 0 Å². The van der Waals surface area contributed by atoms with E-state index in [1.807, 2.05) is 6.92 Å². The highest BCUT2D eigenvalue weighted by Crippen LogP contribution is 2.22. The molecule has 0 aliphatic heterocycles. The first-order valence-electron chi connectivity index (χ1n) is 4.47. The standard InChI is InChI=1S/C10H10NO2PS/c1-2-10(14-15)13-9-5-3-8(4-6-9)11-7-12/h3-6,10H,2H2,1H3. The van der Waals surface area contributed by atoms with E-state index in [0.717, 1.165) is 19.5 Å². The Labute approximate surface area is 95.0 Å². The van der Waals surface area contributed by atoms with E-state index in [0.29, 0.717) is 5.69 Å². The molecule has 78 valence electrons. The maximum atomic E-state index is 9.99. The second kappa shape index (κ2) is 6.41. The molecule has 1 atom stereocenters. The fourth-order valence-electron chi connectivity index (χ4n) is 0.988. The molecule has 0 heterocycles. The van der Waals surface area contributed by atoms with Crippen LogP contribution in [-0.4, -0.2) is 11.9 Å². The van der Waals surface area contributed by atoms with Crippen molar-refractivity contribution in [3.8, 4) is 5.75 Å². The molecule has 5 heteroatoms. The second-order valence-corrected chi connectivity index (χ2v) is 4.20.